The highest BCUT2D eigenvalue weighted by Crippen LogP contribution is 2.13. The largest absolute Gasteiger partial charge is 1.00 e. The number of esters is 1. The van der Waals surface area contributed by atoms with Crippen molar-refractivity contribution in [3.63, 3.8) is 0 Å². The van der Waals surface area contributed by atoms with Gasteiger partial charge in [-0.3, -0.25) is 0 Å². The minimum atomic E-state index is -0.0257. The maximum Gasteiger partial charge on any atom is 0.361 e. The second kappa shape index (κ2) is 36.7. The summed E-state index contributed by atoms with van der Waals surface area (Å²) >= 11 is 0. The van der Waals surface area contributed by atoms with Crippen molar-refractivity contribution in [1.29, 1.82) is 0 Å². The monoisotopic (exact) mass is 640 g/mol. The number of unbranched alkanes of at least 4 members (excludes halogenated alkanes) is 24. The van der Waals surface area contributed by atoms with Crippen molar-refractivity contribution in [3.05, 3.63) is 24.3 Å². The Hall–Kier alpha value is -0.800. The number of likely N-dealkylation sites (N-methyl/N-ethyl adjacent to an activating group) is 1. The molecule has 0 rings (SSSR count). The van der Waals surface area contributed by atoms with Gasteiger partial charge in [-0.25, -0.2) is 4.79 Å². The number of nitrogens with zero attached hydrogens (tertiary/aromatic N) is 1. The molecule has 0 aliphatic heterocycles. The van der Waals surface area contributed by atoms with E-state index < -0.39 is 0 Å². The maximum atomic E-state index is 12.3. The topological polar surface area (TPSA) is 26.3 Å². The normalized spacial score (nSPS) is 11.9. The van der Waals surface area contributed by atoms with Gasteiger partial charge in [0.05, 0.1) is 27.2 Å². The summed E-state index contributed by atoms with van der Waals surface area (Å²) in [6.45, 7) is 6.71. The van der Waals surface area contributed by atoms with Gasteiger partial charge in [0.25, 0.3) is 0 Å². The van der Waals surface area contributed by atoms with E-state index in [1.54, 1.807) is 0 Å². The molecule has 0 heterocycles. The molecular weight excluding hydrogens is 562 g/mol. The molecule has 0 unspecified atom stereocenters. The number of hydrogen-bond acceptors (Lipinski definition) is 2. The minimum absolute atomic E-state index is 0. The summed E-state index contributed by atoms with van der Waals surface area (Å²) in [5.41, 5.74) is 0. The Morgan fingerprint density at radius 3 is 1.18 bits per heavy atom. The molecular formula is C40H78ClNO2. The Morgan fingerprint density at radius 2 is 0.795 bits per heavy atom. The number of carbonyl (C=O) groups is 1. The van der Waals surface area contributed by atoms with Crippen LogP contribution in [0.25, 0.3) is 0 Å². The second-order valence-corrected chi connectivity index (χ2v) is 13.9. The van der Waals surface area contributed by atoms with Crippen LogP contribution in [0, 0.1) is 0 Å². The summed E-state index contributed by atoms with van der Waals surface area (Å²) in [6, 6.07) is 0. The third-order valence-corrected chi connectivity index (χ3v) is 8.75. The number of ether oxygens (including phenoxy) is 1. The molecule has 0 aromatic heterocycles. The van der Waals surface area contributed by atoms with Gasteiger partial charge in [-0.15, -0.1) is 0 Å². The molecule has 0 fully saturated rings. The van der Waals surface area contributed by atoms with E-state index in [9.17, 15) is 4.79 Å². The molecule has 0 radical (unpaired) electrons. The number of halogens is 1. The lowest BCUT2D eigenvalue weighted by Gasteiger charge is -2.28. The predicted molar refractivity (Wildman–Crippen MR) is 192 cm³/mol. The summed E-state index contributed by atoms with van der Waals surface area (Å²) in [7, 11) is 4.34. The molecule has 0 aromatic carbocycles. The predicted octanol–water partition coefficient (Wildman–Crippen LogP) is 9.68. The molecule has 262 valence electrons. The van der Waals surface area contributed by atoms with Crippen molar-refractivity contribution in [1.82, 2.24) is 0 Å². The molecule has 0 N–H and O–H groups in total. The van der Waals surface area contributed by atoms with E-state index in [1.165, 1.54) is 173 Å². The van der Waals surface area contributed by atoms with E-state index in [-0.39, 0.29) is 18.4 Å². The second-order valence-electron chi connectivity index (χ2n) is 13.9. The fraction of sp³-hybridized carbons (Fsp3) is 0.875. The van der Waals surface area contributed by atoms with Crippen molar-refractivity contribution < 1.29 is 26.4 Å². The average Bonchev–Trinajstić information content (AvgIpc) is 2.98. The molecule has 0 aromatic rings. The Morgan fingerprint density at radius 1 is 0.477 bits per heavy atom. The quantitative estimate of drug-likeness (QED) is 0.0303. The Labute approximate surface area is 283 Å². The number of carbonyl (C=O) groups excluding carboxylic acids is 1. The zero-order chi connectivity index (χ0) is 31.5. The van der Waals surface area contributed by atoms with Crippen LogP contribution in [0.2, 0.25) is 0 Å². The first-order chi connectivity index (χ1) is 21.0. The van der Waals surface area contributed by atoms with Gasteiger partial charge in [0.15, 0.2) is 6.54 Å². The van der Waals surface area contributed by atoms with Crippen LogP contribution < -0.4 is 12.4 Å². The smallest absolute Gasteiger partial charge is 0.361 e. The Kier molecular flexibility index (Phi) is 37.8. The molecule has 0 saturated carbocycles. The standard InChI is InChI=1S/C40H78NO2.ClH/c1-5-7-9-11-13-15-17-19-21-23-25-27-29-31-33-35-37-41(3,4)39-40(42)43-38-36-34-32-30-28-26-24-22-20-18-16-14-12-10-8-6-2;/h19-22H,5-18,23-39H2,1-4H3;1H/q+1;/p-1/b21-19-,22-20-;. The number of rotatable bonds is 34. The van der Waals surface area contributed by atoms with E-state index in [2.05, 4.69) is 52.2 Å². The minimum Gasteiger partial charge on any atom is -1.00 e. The van der Waals surface area contributed by atoms with E-state index in [1.807, 2.05) is 0 Å². The lowest BCUT2D eigenvalue weighted by molar-refractivity contribution is -0.883. The summed E-state index contributed by atoms with van der Waals surface area (Å²) in [5.74, 6) is -0.0257. The van der Waals surface area contributed by atoms with Crippen molar-refractivity contribution in [2.24, 2.45) is 0 Å². The zero-order valence-corrected chi connectivity index (χ0v) is 31.1. The van der Waals surface area contributed by atoms with Crippen LogP contribution in [-0.4, -0.2) is 44.2 Å². The highest BCUT2D eigenvalue weighted by Gasteiger charge is 2.20. The Balaban J connectivity index is 0. The van der Waals surface area contributed by atoms with Crippen LogP contribution in [0.1, 0.15) is 194 Å². The van der Waals surface area contributed by atoms with E-state index >= 15 is 0 Å². The van der Waals surface area contributed by atoms with Gasteiger partial charge in [-0.05, 0) is 70.6 Å². The van der Waals surface area contributed by atoms with Gasteiger partial charge in [0.1, 0.15) is 0 Å². The van der Waals surface area contributed by atoms with Crippen LogP contribution >= 0.6 is 0 Å². The molecule has 0 spiro atoms. The van der Waals surface area contributed by atoms with Gasteiger partial charge in [0.2, 0.25) is 0 Å². The summed E-state index contributed by atoms with van der Waals surface area (Å²) in [5, 5.41) is 0. The lowest BCUT2D eigenvalue weighted by Crippen LogP contribution is -3.00. The number of allylic oxidation sites excluding steroid dienone is 4. The lowest BCUT2D eigenvalue weighted by atomic mass is 10.1. The molecule has 0 amide bonds. The fourth-order valence-corrected chi connectivity index (χ4v) is 5.80. The third-order valence-electron chi connectivity index (χ3n) is 8.75. The van der Waals surface area contributed by atoms with Gasteiger partial charge < -0.3 is 21.6 Å². The van der Waals surface area contributed by atoms with Crippen molar-refractivity contribution in [2.75, 3.05) is 33.8 Å². The molecule has 3 nitrogen and oxygen atoms in total. The number of quaternary nitrogens is 1. The van der Waals surface area contributed by atoms with Gasteiger partial charge >= 0.3 is 5.97 Å². The van der Waals surface area contributed by atoms with Crippen LogP contribution in [0.15, 0.2) is 24.3 Å². The van der Waals surface area contributed by atoms with E-state index in [4.69, 9.17) is 4.74 Å². The molecule has 4 heteroatoms. The first kappa shape index (κ1) is 45.3. The fourth-order valence-electron chi connectivity index (χ4n) is 5.80. The van der Waals surface area contributed by atoms with Crippen LogP contribution in [0.5, 0.6) is 0 Å². The molecule has 0 aliphatic rings. The Bertz CT molecular complexity index is 631. The molecule has 0 atom stereocenters. The van der Waals surface area contributed by atoms with Gasteiger partial charge in [0, 0.05) is 0 Å². The van der Waals surface area contributed by atoms with E-state index in [0.717, 1.165) is 17.4 Å². The van der Waals surface area contributed by atoms with Crippen molar-refractivity contribution in [3.8, 4) is 0 Å². The zero-order valence-electron chi connectivity index (χ0n) is 30.4. The van der Waals surface area contributed by atoms with Crippen LogP contribution in [0.3, 0.4) is 0 Å². The highest BCUT2D eigenvalue weighted by molar-refractivity contribution is 5.70. The number of hydrogen-bond donors (Lipinski definition) is 0. The third kappa shape index (κ3) is 37.4. The van der Waals surface area contributed by atoms with E-state index in [0.29, 0.717) is 13.2 Å². The van der Waals surface area contributed by atoms with Gasteiger partial charge in [-0.1, -0.05) is 147 Å². The molecule has 0 bridgehead atoms. The summed E-state index contributed by atoms with van der Waals surface area (Å²) in [6.07, 6.45) is 46.5. The van der Waals surface area contributed by atoms with Gasteiger partial charge in [-0.2, -0.15) is 0 Å². The summed E-state index contributed by atoms with van der Waals surface area (Å²) in [4.78, 5) is 12.3. The van der Waals surface area contributed by atoms with Crippen LogP contribution in [-0.2, 0) is 9.53 Å². The first-order valence-corrected chi connectivity index (χ1v) is 19.3. The summed E-state index contributed by atoms with van der Waals surface area (Å²) < 4.78 is 6.31. The SMILES string of the molecule is CCCCCCCC/C=C\CCCCCCCCOC(=O)C[N+](C)(C)CCCCCCCC/C=C\CCCCCCCC.[Cl-]. The average molecular weight is 641 g/mol. The molecule has 0 aliphatic carbocycles. The molecule has 0 saturated heterocycles. The highest BCUT2D eigenvalue weighted by atomic mass is 35.5. The first-order valence-electron chi connectivity index (χ1n) is 19.3. The van der Waals surface area contributed by atoms with Crippen molar-refractivity contribution >= 4 is 5.97 Å². The maximum absolute atomic E-state index is 12.3. The molecule has 44 heavy (non-hydrogen) atoms. The van der Waals surface area contributed by atoms with Crippen LogP contribution in [0.4, 0.5) is 0 Å². The van der Waals surface area contributed by atoms with Crippen molar-refractivity contribution in [2.45, 2.75) is 194 Å².